The molecule has 0 fully saturated rings. The van der Waals surface area contributed by atoms with E-state index in [0.717, 1.165) is 43.1 Å². The minimum absolute atomic E-state index is 0. The maximum atomic E-state index is 12.0. The zero-order valence-electron chi connectivity index (χ0n) is 16.3. The Labute approximate surface area is 186 Å². The van der Waals surface area contributed by atoms with E-state index >= 15 is 0 Å². The fraction of sp³-hybridized carbons (Fsp3) is 0.333. The lowest BCUT2D eigenvalue weighted by atomic mass is 10.2. The van der Waals surface area contributed by atoms with Crippen LogP contribution in [-0.4, -0.2) is 22.1 Å². The second-order valence-electron chi connectivity index (χ2n) is 6.82. The van der Waals surface area contributed by atoms with Crippen molar-refractivity contribution in [3.63, 3.8) is 0 Å². The van der Waals surface area contributed by atoms with Gasteiger partial charge in [-0.15, -0.1) is 0 Å². The first kappa shape index (κ1) is 22.8. The Morgan fingerprint density at radius 2 is 1.97 bits per heavy atom. The van der Waals surface area contributed by atoms with E-state index in [1.54, 1.807) is 30.5 Å². The second kappa shape index (κ2) is 10.9. The third-order valence-corrected chi connectivity index (χ3v) is 4.67. The highest BCUT2D eigenvalue weighted by molar-refractivity contribution is 5.88. The number of pyridine rings is 1. The summed E-state index contributed by atoms with van der Waals surface area (Å²) in [7, 11) is 1.87. The molecular formula is C21H24IN3O4. The van der Waals surface area contributed by atoms with Crippen molar-refractivity contribution in [3.8, 4) is 0 Å². The molecule has 0 aliphatic heterocycles. The molecule has 8 heteroatoms. The van der Waals surface area contributed by atoms with Crippen molar-refractivity contribution in [1.29, 1.82) is 0 Å². The lowest BCUT2D eigenvalue weighted by molar-refractivity contribution is -0.671. The number of aromatic nitrogens is 2. The topological polar surface area (TPSA) is 78.2 Å². The average molecular weight is 509 g/mol. The van der Waals surface area contributed by atoms with Crippen molar-refractivity contribution >= 4 is 22.6 Å². The fourth-order valence-electron chi connectivity index (χ4n) is 3.19. The number of ether oxygens (including phenoxy) is 1. The van der Waals surface area contributed by atoms with Gasteiger partial charge in [-0.25, -0.2) is 9.36 Å². The van der Waals surface area contributed by atoms with Gasteiger partial charge in [-0.2, -0.15) is 0 Å². The number of hydrogen-bond acceptors (Lipinski definition) is 4. The van der Waals surface area contributed by atoms with E-state index in [4.69, 9.17) is 4.74 Å². The number of aryl methyl sites for hydroxylation is 2. The number of halogens is 1. The van der Waals surface area contributed by atoms with Crippen LogP contribution in [0.25, 0.3) is 10.9 Å². The zero-order valence-corrected chi connectivity index (χ0v) is 18.4. The van der Waals surface area contributed by atoms with Crippen molar-refractivity contribution in [2.24, 2.45) is 7.05 Å². The summed E-state index contributed by atoms with van der Waals surface area (Å²) < 4.78 is 9.25. The molecule has 0 amide bonds. The lowest BCUT2D eigenvalue weighted by Gasteiger charge is -2.06. The van der Waals surface area contributed by atoms with Crippen molar-refractivity contribution in [1.82, 2.24) is 4.57 Å². The Morgan fingerprint density at radius 1 is 1.17 bits per heavy atom. The molecule has 0 unspecified atom stereocenters. The molecule has 0 radical (unpaired) electrons. The number of fused-ring (bicyclic) bond motifs is 1. The number of benzene rings is 1. The molecule has 0 aliphatic carbocycles. The first-order valence-electron chi connectivity index (χ1n) is 9.40. The largest absolute Gasteiger partial charge is 1.00 e. The Hall–Kier alpha value is -2.49. The monoisotopic (exact) mass is 509 g/mol. The quantitative estimate of drug-likeness (QED) is 0.107. The summed E-state index contributed by atoms with van der Waals surface area (Å²) in [5, 5.41) is 11.7. The van der Waals surface area contributed by atoms with Crippen LogP contribution in [0, 0.1) is 10.1 Å². The number of carbonyl (C=O) groups is 1. The maximum Gasteiger partial charge on any atom is 0.344 e. The van der Waals surface area contributed by atoms with Crippen molar-refractivity contribution < 1.29 is 43.0 Å². The fourth-order valence-corrected chi connectivity index (χ4v) is 3.19. The second-order valence-corrected chi connectivity index (χ2v) is 6.82. The van der Waals surface area contributed by atoms with Crippen LogP contribution in [0.15, 0.2) is 55.0 Å². The number of unbranched alkanes of at least 4 members (excludes halogenated alkanes) is 3. The van der Waals surface area contributed by atoms with Gasteiger partial charge in [-0.1, -0.05) is 6.42 Å². The standard InChI is InChI=1S/C21H24N3O4.HI/c1-22-11-6-7-18(16-22)21(25)28-14-5-3-2-4-12-23-13-10-17-15-19(24(26)27)8-9-20(17)23;/h6-11,13,15-16H,2-5,12,14H2,1H3;1H/q+1;/p-1. The number of nitrogens with zero attached hydrogens (tertiary/aromatic N) is 3. The van der Waals surface area contributed by atoms with Gasteiger partial charge in [0, 0.05) is 41.8 Å². The number of hydrogen-bond donors (Lipinski definition) is 0. The summed E-state index contributed by atoms with van der Waals surface area (Å²) >= 11 is 0. The minimum Gasteiger partial charge on any atom is -1.00 e. The highest BCUT2D eigenvalue weighted by Crippen LogP contribution is 2.22. The molecule has 154 valence electrons. The molecule has 29 heavy (non-hydrogen) atoms. The molecule has 1 aromatic carbocycles. The van der Waals surface area contributed by atoms with E-state index < -0.39 is 0 Å². The van der Waals surface area contributed by atoms with Gasteiger partial charge in [0.2, 0.25) is 0 Å². The highest BCUT2D eigenvalue weighted by Gasteiger charge is 2.10. The summed E-state index contributed by atoms with van der Waals surface area (Å²) in [5.41, 5.74) is 1.68. The zero-order chi connectivity index (χ0) is 19.9. The Balaban J connectivity index is 0.00000300. The number of nitro benzene ring substituents is 1. The Bertz CT molecular complexity index is 987. The van der Waals surface area contributed by atoms with Crippen LogP contribution >= 0.6 is 0 Å². The molecule has 0 atom stereocenters. The Kier molecular flexibility index (Phi) is 8.56. The summed E-state index contributed by atoms with van der Waals surface area (Å²) in [6.07, 6.45) is 9.44. The average Bonchev–Trinajstić information content (AvgIpc) is 3.09. The Morgan fingerprint density at radius 3 is 2.72 bits per heavy atom. The molecule has 2 heterocycles. The summed E-state index contributed by atoms with van der Waals surface area (Å²) in [6, 6.07) is 10.4. The summed E-state index contributed by atoms with van der Waals surface area (Å²) in [4.78, 5) is 22.4. The summed E-state index contributed by atoms with van der Waals surface area (Å²) in [5.74, 6) is -0.288. The molecular weight excluding hydrogens is 485 g/mol. The van der Waals surface area contributed by atoms with Gasteiger partial charge in [0.25, 0.3) is 5.69 Å². The van der Waals surface area contributed by atoms with Crippen molar-refractivity contribution in [2.75, 3.05) is 6.61 Å². The van der Waals surface area contributed by atoms with Gasteiger partial charge >= 0.3 is 5.97 Å². The van der Waals surface area contributed by atoms with Gasteiger partial charge in [0.05, 0.1) is 11.5 Å². The van der Waals surface area contributed by atoms with Crippen LogP contribution in [0.3, 0.4) is 0 Å². The van der Waals surface area contributed by atoms with Gasteiger partial charge in [-0.3, -0.25) is 10.1 Å². The molecule has 0 bridgehead atoms. The van der Waals surface area contributed by atoms with Crippen LogP contribution in [0.5, 0.6) is 0 Å². The van der Waals surface area contributed by atoms with Crippen molar-refractivity contribution in [2.45, 2.75) is 32.2 Å². The molecule has 0 spiro atoms. The van der Waals surface area contributed by atoms with E-state index in [0.29, 0.717) is 12.2 Å². The molecule has 0 N–H and O–H groups in total. The molecule has 2 aromatic heterocycles. The number of esters is 1. The highest BCUT2D eigenvalue weighted by atomic mass is 127. The predicted octanol–water partition coefficient (Wildman–Crippen LogP) is 0.795. The number of carbonyl (C=O) groups excluding carboxylic acids is 1. The third kappa shape index (κ3) is 6.25. The molecule has 0 aliphatic rings. The van der Waals surface area contributed by atoms with Gasteiger partial charge in [0.1, 0.15) is 12.6 Å². The van der Waals surface area contributed by atoms with Crippen LogP contribution in [0.1, 0.15) is 36.0 Å². The van der Waals surface area contributed by atoms with Gasteiger partial charge in [-0.05, 0) is 37.5 Å². The van der Waals surface area contributed by atoms with E-state index in [9.17, 15) is 14.9 Å². The molecule has 7 nitrogen and oxygen atoms in total. The third-order valence-electron chi connectivity index (χ3n) is 4.67. The minimum atomic E-state index is -0.374. The van der Waals surface area contributed by atoms with Crippen LogP contribution in [0.2, 0.25) is 0 Å². The van der Waals surface area contributed by atoms with Crippen LogP contribution in [-0.2, 0) is 18.3 Å². The maximum absolute atomic E-state index is 12.0. The number of rotatable bonds is 9. The van der Waals surface area contributed by atoms with Crippen LogP contribution in [0.4, 0.5) is 5.69 Å². The SMILES string of the molecule is C[n+]1cccc(C(=O)OCCCCCCn2ccc3cc([N+](=O)[O-])ccc32)c1.[I-]. The first-order valence-corrected chi connectivity index (χ1v) is 9.40. The molecule has 0 saturated carbocycles. The van der Waals surface area contributed by atoms with Crippen LogP contribution < -0.4 is 28.5 Å². The van der Waals surface area contributed by atoms with E-state index in [-0.39, 0.29) is 40.6 Å². The van der Waals surface area contributed by atoms with Crippen molar-refractivity contribution in [3.05, 3.63) is 70.7 Å². The predicted molar refractivity (Wildman–Crippen MR) is 105 cm³/mol. The number of nitro groups is 1. The summed E-state index contributed by atoms with van der Waals surface area (Å²) in [6.45, 7) is 1.29. The van der Waals surface area contributed by atoms with Gasteiger partial charge < -0.3 is 33.3 Å². The smallest absolute Gasteiger partial charge is 0.344 e. The lowest BCUT2D eigenvalue weighted by Crippen LogP contribution is -3.00. The normalized spacial score (nSPS) is 10.5. The van der Waals surface area contributed by atoms with Gasteiger partial charge in [0.15, 0.2) is 12.4 Å². The number of non-ortho nitro benzene ring substituents is 1. The first-order chi connectivity index (χ1) is 13.5. The molecule has 3 aromatic rings. The molecule has 3 rings (SSSR count). The van der Waals surface area contributed by atoms with E-state index in [2.05, 4.69) is 4.57 Å². The van der Waals surface area contributed by atoms with E-state index in [1.165, 1.54) is 0 Å². The molecule has 0 saturated heterocycles. The van der Waals surface area contributed by atoms with E-state index in [1.807, 2.05) is 36.1 Å².